The van der Waals surface area contributed by atoms with Crippen molar-refractivity contribution >= 4 is 11.6 Å². The third-order valence-corrected chi connectivity index (χ3v) is 6.39. The van der Waals surface area contributed by atoms with Crippen molar-refractivity contribution in [2.24, 2.45) is 29.6 Å². The molecular weight excluding hydrogens is 272 g/mol. The fourth-order valence-corrected chi connectivity index (χ4v) is 5.44. The van der Waals surface area contributed by atoms with Gasteiger partial charge in [-0.15, -0.1) is 0 Å². The highest BCUT2D eigenvalue weighted by Gasteiger charge is 2.57. The molecule has 5 atom stereocenters. The Kier molecular flexibility index (Phi) is 3.63. The summed E-state index contributed by atoms with van der Waals surface area (Å²) < 4.78 is 0. The van der Waals surface area contributed by atoms with Crippen LogP contribution in [0.3, 0.4) is 0 Å². The van der Waals surface area contributed by atoms with Crippen LogP contribution in [0.25, 0.3) is 0 Å². The van der Waals surface area contributed by atoms with E-state index in [9.17, 15) is 9.59 Å². The Balaban J connectivity index is 1.53. The topological polar surface area (TPSA) is 34.1 Å². The lowest BCUT2D eigenvalue weighted by Gasteiger charge is -2.24. The molecule has 1 aromatic carbocycles. The zero-order valence-electron chi connectivity index (χ0n) is 13.0. The molecule has 2 bridgehead atoms. The van der Waals surface area contributed by atoms with Crippen LogP contribution in [0.2, 0.25) is 0 Å². The highest BCUT2D eigenvalue weighted by atomic mass is 16.1. The van der Waals surface area contributed by atoms with Crippen molar-refractivity contribution in [3.05, 3.63) is 35.9 Å². The molecule has 0 radical (unpaired) electrons. The summed E-state index contributed by atoms with van der Waals surface area (Å²) in [5, 5.41) is 0. The molecule has 0 heterocycles. The molecule has 4 rings (SSSR count). The monoisotopic (exact) mass is 296 g/mol. The van der Waals surface area contributed by atoms with Gasteiger partial charge < -0.3 is 0 Å². The Morgan fingerprint density at radius 1 is 0.955 bits per heavy atom. The summed E-state index contributed by atoms with van der Waals surface area (Å²) in [5.74, 6) is 2.25. The van der Waals surface area contributed by atoms with E-state index in [4.69, 9.17) is 0 Å². The summed E-state index contributed by atoms with van der Waals surface area (Å²) in [7, 11) is 0. The van der Waals surface area contributed by atoms with Crippen molar-refractivity contribution in [2.45, 2.75) is 44.9 Å². The first kappa shape index (κ1) is 14.2. The number of carbonyl (C=O) groups is 2. The van der Waals surface area contributed by atoms with Crippen LogP contribution in [0, 0.1) is 29.6 Å². The Bertz CT molecular complexity index is 577. The third-order valence-electron chi connectivity index (χ3n) is 6.39. The molecule has 3 aliphatic rings. The SMILES string of the molecule is O=C1[C@H]2CCCC[C@@H]1[C@H]1CC(=O)[C@H](CCc3ccccc3)[C@H]12. The Labute approximate surface area is 132 Å². The first-order valence-electron chi connectivity index (χ1n) is 8.86. The van der Waals surface area contributed by atoms with Gasteiger partial charge in [0.05, 0.1) is 0 Å². The fourth-order valence-electron chi connectivity index (χ4n) is 5.44. The second-order valence-corrected chi connectivity index (χ2v) is 7.44. The van der Waals surface area contributed by atoms with Gasteiger partial charge in [0.15, 0.2) is 0 Å². The zero-order chi connectivity index (χ0) is 15.1. The van der Waals surface area contributed by atoms with Crippen LogP contribution in [0.1, 0.15) is 44.1 Å². The van der Waals surface area contributed by atoms with Gasteiger partial charge in [0.2, 0.25) is 0 Å². The summed E-state index contributed by atoms with van der Waals surface area (Å²) in [6.45, 7) is 0. The number of Topliss-reactive ketones (excluding diaryl/α,β-unsaturated/α-hetero) is 2. The zero-order valence-corrected chi connectivity index (χ0v) is 13.0. The molecule has 3 fully saturated rings. The molecule has 2 nitrogen and oxygen atoms in total. The number of ketones is 2. The maximum absolute atomic E-state index is 12.6. The molecule has 0 aromatic heterocycles. The van der Waals surface area contributed by atoms with Crippen molar-refractivity contribution < 1.29 is 9.59 Å². The number of hydrogen-bond donors (Lipinski definition) is 0. The van der Waals surface area contributed by atoms with Crippen LogP contribution in [0.15, 0.2) is 30.3 Å². The van der Waals surface area contributed by atoms with E-state index in [0.29, 0.717) is 29.8 Å². The average molecular weight is 296 g/mol. The van der Waals surface area contributed by atoms with Crippen molar-refractivity contribution in [2.75, 3.05) is 0 Å². The number of benzene rings is 1. The van der Waals surface area contributed by atoms with Gasteiger partial charge in [-0.2, -0.15) is 0 Å². The summed E-state index contributed by atoms with van der Waals surface area (Å²) >= 11 is 0. The fraction of sp³-hybridized carbons (Fsp3) is 0.600. The number of hydrogen-bond acceptors (Lipinski definition) is 2. The first-order chi connectivity index (χ1) is 10.8. The van der Waals surface area contributed by atoms with E-state index in [1.807, 2.05) is 6.07 Å². The molecule has 116 valence electrons. The number of carbonyl (C=O) groups excluding carboxylic acids is 2. The molecule has 0 aliphatic heterocycles. The van der Waals surface area contributed by atoms with E-state index >= 15 is 0 Å². The molecule has 1 aromatic rings. The second-order valence-electron chi connectivity index (χ2n) is 7.44. The second kappa shape index (κ2) is 5.64. The van der Waals surface area contributed by atoms with Gasteiger partial charge in [-0.3, -0.25) is 9.59 Å². The minimum atomic E-state index is 0.141. The molecule has 0 N–H and O–H groups in total. The number of rotatable bonds is 3. The summed E-state index contributed by atoms with van der Waals surface area (Å²) in [6, 6.07) is 10.4. The summed E-state index contributed by atoms with van der Waals surface area (Å²) in [5.41, 5.74) is 1.31. The molecule has 0 amide bonds. The first-order valence-corrected chi connectivity index (χ1v) is 8.86. The number of fused-ring (bicyclic) bond motifs is 5. The predicted molar refractivity (Wildman–Crippen MR) is 85.3 cm³/mol. The third kappa shape index (κ3) is 2.24. The lowest BCUT2D eigenvalue weighted by molar-refractivity contribution is -0.126. The molecule has 0 spiro atoms. The van der Waals surface area contributed by atoms with Crippen LogP contribution in [-0.2, 0) is 16.0 Å². The van der Waals surface area contributed by atoms with E-state index in [1.54, 1.807) is 0 Å². The molecule has 2 heteroatoms. The van der Waals surface area contributed by atoms with Gasteiger partial charge in [-0.25, -0.2) is 0 Å². The van der Waals surface area contributed by atoms with Crippen LogP contribution in [0.4, 0.5) is 0 Å². The van der Waals surface area contributed by atoms with Crippen LogP contribution < -0.4 is 0 Å². The largest absolute Gasteiger partial charge is 0.299 e. The highest BCUT2D eigenvalue weighted by molar-refractivity contribution is 5.93. The highest BCUT2D eigenvalue weighted by Crippen LogP contribution is 2.55. The molecule has 0 saturated heterocycles. The van der Waals surface area contributed by atoms with E-state index in [-0.39, 0.29) is 17.8 Å². The van der Waals surface area contributed by atoms with Gasteiger partial charge in [0, 0.05) is 24.2 Å². The van der Waals surface area contributed by atoms with Gasteiger partial charge in [0.1, 0.15) is 11.6 Å². The van der Waals surface area contributed by atoms with E-state index in [0.717, 1.165) is 25.7 Å². The number of aryl methyl sites for hydroxylation is 1. The van der Waals surface area contributed by atoms with E-state index in [2.05, 4.69) is 24.3 Å². The Morgan fingerprint density at radius 2 is 1.68 bits per heavy atom. The molecule has 3 saturated carbocycles. The quantitative estimate of drug-likeness (QED) is 0.849. The summed E-state index contributed by atoms with van der Waals surface area (Å²) in [6.07, 6.45) is 7.00. The van der Waals surface area contributed by atoms with Gasteiger partial charge >= 0.3 is 0 Å². The minimum Gasteiger partial charge on any atom is -0.299 e. The van der Waals surface area contributed by atoms with Crippen molar-refractivity contribution in [3.63, 3.8) is 0 Å². The van der Waals surface area contributed by atoms with E-state index < -0.39 is 0 Å². The average Bonchev–Trinajstić information content (AvgIpc) is 2.86. The lowest BCUT2D eigenvalue weighted by atomic mass is 9.78. The Hall–Kier alpha value is -1.44. The molecule has 3 aliphatic carbocycles. The maximum atomic E-state index is 12.6. The minimum absolute atomic E-state index is 0.141. The van der Waals surface area contributed by atoms with E-state index in [1.165, 1.54) is 18.4 Å². The van der Waals surface area contributed by atoms with Crippen molar-refractivity contribution in [1.82, 2.24) is 0 Å². The lowest BCUT2D eigenvalue weighted by Crippen LogP contribution is -2.25. The van der Waals surface area contributed by atoms with Gasteiger partial charge in [-0.05, 0) is 43.1 Å². The smallest absolute Gasteiger partial charge is 0.139 e. The van der Waals surface area contributed by atoms with Gasteiger partial charge in [0.25, 0.3) is 0 Å². The van der Waals surface area contributed by atoms with Crippen molar-refractivity contribution in [3.8, 4) is 0 Å². The van der Waals surface area contributed by atoms with Crippen LogP contribution >= 0.6 is 0 Å². The molecular formula is C20H24O2. The van der Waals surface area contributed by atoms with Gasteiger partial charge in [-0.1, -0.05) is 43.2 Å². The normalized spacial score (nSPS) is 37.2. The molecule has 22 heavy (non-hydrogen) atoms. The molecule has 0 unspecified atom stereocenters. The summed E-state index contributed by atoms with van der Waals surface area (Å²) in [4.78, 5) is 25.2. The van der Waals surface area contributed by atoms with Crippen molar-refractivity contribution in [1.29, 1.82) is 0 Å². The Morgan fingerprint density at radius 3 is 2.45 bits per heavy atom. The predicted octanol–water partition coefficient (Wildman–Crippen LogP) is 3.83. The van der Waals surface area contributed by atoms with Crippen LogP contribution in [-0.4, -0.2) is 11.6 Å². The maximum Gasteiger partial charge on any atom is 0.139 e. The standard InChI is InChI=1S/C20H24O2/c21-18-12-17-14-8-4-5-9-16(20(14)22)19(17)15(18)11-10-13-6-2-1-3-7-13/h1-3,6-7,14-17,19H,4-5,8-12H2/t14-,15+,16+,17-,19+/m1/s1. The van der Waals surface area contributed by atoms with Crippen LogP contribution in [0.5, 0.6) is 0 Å².